The topological polar surface area (TPSA) is 59.2 Å². The zero-order chi connectivity index (χ0) is 12.4. The van der Waals surface area contributed by atoms with Gasteiger partial charge in [-0.1, -0.05) is 6.07 Å². The first-order valence-electron chi connectivity index (χ1n) is 5.12. The molecule has 0 aliphatic heterocycles. The van der Waals surface area contributed by atoms with E-state index in [4.69, 9.17) is 0 Å². The van der Waals surface area contributed by atoms with Gasteiger partial charge in [0.1, 0.15) is 0 Å². The van der Waals surface area contributed by atoms with Crippen molar-refractivity contribution in [2.45, 2.75) is 6.92 Å². The zero-order valence-corrected chi connectivity index (χ0v) is 9.12. The number of hydrogen-bond donors (Lipinski definition) is 1. The van der Waals surface area contributed by atoms with Crippen molar-refractivity contribution in [3.63, 3.8) is 0 Å². The third-order valence-corrected chi connectivity index (χ3v) is 2.37. The van der Waals surface area contributed by atoms with Crippen LogP contribution >= 0.6 is 0 Å². The van der Waals surface area contributed by atoms with Gasteiger partial charge < -0.3 is 9.72 Å². The number of ketones is 1. The van der Waals surface area contributed by atoms with Crippen LogP contribution in [0.2, 0.25) is 0 Å². The molecule has 1 aromatic carbocycles. The average Bonchev–Trinajstić information content (AvgIpc) is 2.78. The van der Waals surface area contributed by atoms with E-state index in [1.165, 1.54) is 6.07 Å². The van der Waals surface area contributed by atoms with Crippen LogP contribution in [-0.2, 0) is 9.53 Å². The minimum atomic E-state index is -1.04. The number of aromatic amines is 1. The van der Waals surface area contributed by atoms with Crippen molar-refractivity contribution in [3.05, 3.63) is 35.8 Å². The van der Waals surface area contributed by atoms with Crippen LogP contribution in [0.15, 0.2) is 24.4 Å². The molecule has 17 heavy (non-hydrogen) atoms. The fraction of sp³-hybridized carbons (Fsp3) is 0.167. The Kier molecular flexibility index (Phi) is 2.91. The standard InChI is InChI=1S/C12H10FNO3/c1-2-17-12(16)11(15)8-4-3-7-5-6-14-10(7)9(8)13/h3-6,14H,2H2,1H3. The van der Waals surface area contributed by atoms with Crippen LogP contribution in [0.4, 0.5) is 4.39 Å². The van der Waals surface area contributed by atoms with Gasteiger partial charge in [0, 0.05) is 11.6 Å². The summed E-state index contributed by atoms with van der Waals surface area (Å²) in [6, 6.07) is 4.53. The Bertz CT molecular complexity index is 588. The Labute approximate surface area is 96.4 Å². The molecule has 0 saturated heterocycles. The Morgan fingerprint density at radius 2 is 2.12 bits per heavy atom. The largest absolute Gasteiger partial charge is 0.460 e. The van der Waals surface area contributed by atoms with Gasteiger partial charge in [-0.3, -0.25) is 4.79 Å². The fourth-order valence-corrected chi connectivity index (χ4v) is 1.57. The van der Waals surface area contributed by atoms with Gasteiger partial charge in [-0.25, -0.2) is 9.18 Å². The van der Waals surface area contributed by atoms with Gasteiger partial charge in [0.15, 0.2) is 5.82 Å². The number of hydrogen-bond acceptors (Lipinski definition) is 3. The second kappa shape index (κ2) is 4.37. The highest BCUT2D eigenvalue weighted by atomic mass is 19.1. The number of esters is 1. The lowest BCUT2D eigenvalue weighted by Crippen LogP contribution is -2.18. The molecule has 2 rings (SSSR count). The smallest absolute Gasteiger partial charge is 0.379 e. The van der Waals surface area contributed by atoms with Crippen LogP contribution in [0, 0.1) is 5.82 Å². The SMILES string of the molecule is CCOC(=O)C(=O)c1ccc2cc[nH]c2c1F. The molecule has 0 unspecified atom stereocenters. The van der Waals surface area contributed by atoms with E-state index in [1.807, 2.05) is 0 Å². The number of carbonyl (C=O) groups excluding carboxylic acids is 2. The molecule has 0 radical (unpaired) electrons. The predicted octanol–water partition coefficient (Wildman–Crippen LogP) is 2.05. The van der Waals surface area contributed by atoms with Gasteiger partial charge in [-0.15, -0.1) is 0 Å². The molecule has 0 aliphatic carbocycles. The number of H-pyrrole nitrogens is 1. The van der Waals surface area contributed by atoms with E-state index in [0.717, 1.165) is 0 Å². The zero-order valence-electron chi connectivity index (χ0n) is 9.12. The maximum atomic E-state index is 13.9. The van der Waals surface area contributed by atoms with Crippen LogP contribution < -0.4 is 0 Å². The summed E-state index contributed by atoms with van der Waals surface area (Å²) >= 11 is 0. The molecule has 0 aliphatic rings. The molecule has 0 saturated carbocycles. The second-order valence-electron chi connectivity index (χ2n) is 3.42. The number of carbonyl (C=O) groups is 2. The highest BCUT2D eigenvalue weighted by molar-refractivity contribution is 6.41. The minimum absolute atomic E-state index is 0.0803. The highest BCUT2D eigenvalue weighted by Gasteiger charge is 2.22. The number of Topliss-reactive ketones (excluding diaryl/α,β-unsaturated/α-hetero) is 1. The first-order valence-corrected chi connectivity index (χ1v) is 5.12. The fourth-order valence-electron chi connectivity index (χ4n) is 1.57. The van der Waals surface area contributed by atoms with Crippen molar-refractivity contribution < 1.29 is 18.7 Å². The lowest BCUT2D eigenvalue weighted by molar-refractivity contribution is -0.137. The van der Waals surface area contributed by atoms with Crippen molar-refractivity contribution in [1.82, 2.24) is 4.98 Å². The number of nitrogens with one attached hydrogen (secondary N) is 1. The molecule has 88 valence electrons. The number of rotatable bonds is 3. The molecule has 0 spiro atoms. The summed E-state index contributed by atoms with van der Waals surface area (Å²) in [5.74, 6) is -2.75. The van der Waals surface area contributed by atoms with Gasteiger partial charge >= 0.3 is 5.97 Å². The van der Waals surface area contributed by atoms with Crippen LogP contribution in [-0.4, -0.2) is 23.3 Å². The van der Waals surface area contributed by atoms with Crippen LogP contribution in [0.25, 0.3) is 10.9 Å². The first kappa shape index (κ1) is 11.3. The Balaban J connectivity index is 2.45. The number of fused-ring (bicyclic) bond motifs is 1. The van der Waals surface area contributed by atoms with Gasteiger partial charge in [0.05, 0.1) is 17.7 Å². The van der Waals surface area contributed by atoms with E-state index in [1.54, 1.807) is 25.3 Å². The maximum Gasteiger partial charge on any atom is 0.379 e. The van der Waals surface area contributed by atoms with Gasteiger partial charge in [-0.2, -0.15) is 0 Å². The maximum absolute atomic E-state index is 13.9. The lowest BCUT2D eigenvalue weighted by Gasteiger charge is -2.03. The van der Waals surface area contributed by atoms with Crippen molar-refractivity contribution in [3.8, 4) is 0 Å². The molecule has 0 bridgehead atoms. The Morgan fingerprint density at radius 1 is 1.35 bits per heavy atom. The molecule has 1 aromatic heterocycles. The predicted molar refractivity (Wildman–Crippen MR) is 59.2 cm³/mol. The van der Waals surface area contributed by atoms with E-state index >= 15 is 0 Å². The summed E-state index contributed by atoms with van der Waals surface area (Å²) in [5, 5.41) is 0.642. The number of benzene rings is 1. The Morgan fingerprint density at radius 3 is 2.82 bits per heavy atom. The molecule has 0 fully saturated rings. The lowest BCUT2D eigenvalue weighted by atomic mass is 10.1. The third-order valence-electron chi connectivity index (χ3n) is 2.37. The molecule has 4 nitrogen and oxygen atoms in total. The third kappa shape index (κ3) is 1.91. The molecule has 1 heterocycles. The molecular weight excluding hydrogens is 225 g/mol. The van der Waals surface area contributed by atoms with E-state index < -0.39 is 17.6 Å². The normalized spacial score (nSPS) is 10.5. The molecule has 0 amide bonds. The summed E-state index contributed by atoms with van der Waals surface area (Å²) < 4.78 is 18.4. The summed E-state index contributed by atoms with van der Waals surface area (Å²) in [6.45, 7) is 1.66. The molecule has 5 heteroatoms. The monoisotopic (exact) mass is 235 g/mol. The second-order valence-corrected chi connectivity index (χ2v) is 3.42. The molecule has 2 aromatic rings. The van der Waals surface area contributed by atoms with E-state index in [9.17, 15) is 14.0 Å². The summed E-state index contributed by atoms with van der Waals surface area (Å²) in [7, 11) is 0. The summed E-state index contributed by atoms with van der Waals surface area (Å²) in [5.41, 5.74) is -0.0708. The van der Waals surface area contributed by atoms with Gasteiger partial charge in [0.25, 0.3) is 5.78 Å². The molecule has 0 atom stereocenters. The van der Waals surface area contributed by atoms with Crippen molar-refractivity contribution in [1.29, 1.82) is 0 Å². The number of ether oxygens (including phenoxy) is 1. The van der Waals surface area contributed by atoms with Crippen LogP contribution in [0.1, 0.15) is 17.3 Å². The van der Waals surface area contributed by atoms with Crippen molar-refractivity contribution in [2.24, 2.45) is 0 Å². The van der Waals surface area contributed by atoms with Gasteiger partial charge in [0.2, 0.25) is 0 Å². The quantitative estimate of drug-likeness (QED) is 0.503. The van der Waals surface area contributed by atoms with Crippen molar-refractivity contribution >= 4 is 22.7 Å². The average molecular weight is 235 g/mol. The Hall–Kier alpha value is -2.17. The number of aromatic nitrogens is 1. The molecular formula is C12H10FNO3. The highest BCUT2D eigenvalue weighted by Crippen LogP contribution is 2.20. The van der Waals surface area contributed by atoms with Gasteiger partial charge in [-0.05, 0) is 19.1 Å². The number of halogens is 1. The van der Waals surface area contributed by atoms with E-state index in [0.29, 0.717) is 5.39 Å². The first-order chi connectivity index (χ1) is 8.15. The van der Waals surface area contributed by atoms with Crippen LogP contribution in [0.5, 0.6) is 0 Å². The summed E-state index contributed by atoms with van der Waals surface area (Å²) in [6.07, 6.45) is 1.56. The minimum Gasteiger partial charge on any atom is -0.460 e. The van der Waals surface area contributed by atoms with Crippen molar-refractivity contribution in [2.75, 3.05) is 6.61 Å². The summed E-state index contributed by atoms with van der Waals surface area (Å²) in [4.78, 5) is 25.5. The molecule has 1 N–H and O–H groups in total. The van der Waals surface area contributed by atoms with E-state index in [2.05, 4.69) is 9.72 Å². The van der Waals surface area contributed by atoms with Crippen LogP contribution in [0.3, 0.4) is 0 Å². The van der Waals surface area contributed by atoms with E-state index in [-0.39, 0.29) is 17.7 Å².